The van der Waals surface area contributed by atoms with Crippen LogP contribution in [0.3, 0.4) is 0 Å². The van der Waals surface area contributed by atoms with Gasteiger partial charge in [0.2, 0.25) is 0 Å². The van der Waals surface area contributed by atoms with E-state index >= 15 is 0 Å². The quantitative estimate of drug-likeness (QED) is 0.823. The van der Waals surface area contributed by atoms with Crippen LogP contribution in [0, 0.1) is 6.92 Å². The molecule has 2 saturated heterocycles. The molecule has 6 nitrogen and oxygen atoms in total. The van der Waals surface area contributed by atoms with Gasteiger partial charge in [-0.1, -0.05) is 0 Å². The van der Waals surface area contributed by atoms with Crippen molar-refractivity contribution < 1.29 is 9.47 Å². The summed E-state index contributed by atoms with van der Waals surface area (Å²) in [6.45, 7) is 5.64. The maximum atomic E-state index is 6.04. The Morgan fingerprint density at radius 2 is 1.74 bits per heavy atom. The molecule has 2 atom stereocenters. The molecule has 0 radical (unpaired) electrons. The molecule has 0 aromatic carbocycles. The second-order valence-corrected chi connectivity index (χ2v) is 6.64. The molecular weight excluding hydrogens is 292 g/mol. The van der Waals surface area contributed by atoms with E-state index in [0.717, 1.165) is 30.2 Å². The monoisotopic (exact) mass is 320 g/mol. The van der Waals surface area contributed by atoms with Crippen molar-refractivity contribution in [2.24, 2.45) is 0 Å². The molecule has 2 aliphatic heterocycles. The second kappa shape index (κ2) is 6.93. The number of hydrogen-bond acceptors (Lipinski definition) is 6. The van der Waals surface area contributed by atoms with Crippen molar-refractivity contribution in [3.05, 3.63) is 11.8 Å². The highest BCUT2D eigenvalue weighted by Gasteiger charge is 2.27. The van der Waals surface area contributed by atoms with Gasteiger partial charge in [0.1, 0.15) is 13.2 Å². The lowest BCUT2D eigenvalue weighted by atomic mass is 10.1. The minimum absolute atomic E-state index is 0.492. The molecule has 2 fully saturated rings. The van der Waals surface area contributed by atoms with Crippen LogP contribution >= 0.6 is 0 Å². The van der Waals surface area contributed by atoms with Gasteiger partial charge in [0.05, 0.1) is 11.4 Å². The highest BCUT2D eigenvalue weighted by Crippen LogP contribution is 2.31. The van der Waals surface area contributed by atoms with Crippen molar-refractivity contribution in [1.29, 1.82) is 0 Å². The molecule has 2 aliphatic rings. The normalized spacial score (nSPS) is 24.7. The molecule has 0 unspecified atom stereocenters. The van der Waals surface area contributed by atoms with Gasteiger partial charge in [-0.15, -0.1) is 0 Å². The Balaban J connectivity index is 1.68. The average Bonchev–Trinajstić information content (AvgIpc) is 2.53. The number of likely N-dealkylation sites (tertiary alicyclic amines) is 2. The molecule has 3 rings (SSSR count). The summed E-state index contributed by atoms with van der Waals surface area (Å²) >= 11 is 0. The number of rotatable bonds is 7. The van der Waals surface area contributed by atoms with Gasteiger partial charge < -0.3 is 14.8 Å². The fraction of sp³-hybridized carbons (Fsp3) is 0.706. The standard InChI is InChI=1S/C17H28N4O2/c1-12-15(18-2)9-16(22-10-13-5-7-20(13)3)17(19-12)23-11-14-6-8-21(14)4/h9,13-14,18H,5-8,10-11H2,1-4H3/t13-,14-/m1/s1. The van der Waals surface area contributed by atoms with Gasteiger partial charge in [0.25, 0.3) is 5.88 Å². The van der Waals surface area contributed by atoms with Crippen LogP contribution in [-0.2, 0) is 0 Å². The number of aryl methyl sites for hydroxylation is 1. The van der Waals surface area contributed by atoms with E-state index in [-0.39, 0.29) is 0 Å². The van der Waals surface area contributed by atoms with Gasteiger partial charge in [-0.3, -0.25) is 9.80 Å². The number of anilines is 1. The first-order valence-electron chi connectivity index (χ1n) is 8.44. The van der Waals surface area contributed by atoms with Gasteiger partial charge >= 0.3 is 0 Å². The molecule has 3 heterocycles. The van der Waals surface area contributed by atoms with Crippen molar-refractivity contribution in [1.82, 2.24) is 14.8 Å². The zero-order chi connectivity index (χ0) is 16.4. The molecule has 1 aromatic rings. The number of aromatic nitrogens is 1. The fourth-order valence-electron chi connectivity index (χ4n) is 2.95. The van der Waals surface area contributed by atoms with Crippen LogP contribution < -0.4 is 14.8 Å². The van der Waals surface area contributed by atoms with E-state index in [9.17, 15) is 0 Å². The summed E-state index contributed by atoms with van der Waals surface area (Å²) in [5.74, 6) is 1.35. The maximum Gasteiger partial charge on any atom is 0.257 e. The zero-order valence-corrected chi connectivity index (χ0v) is 14.6. The zero-order valence-electron chi connectivity index (χ0n) is 14.6. The molecule has 0 spiro atoms. The molecule has 23 heavy (non-hydrogen) atoms. The first-order chi connectivity index (χ1) is 11.1. The number of nitrogens with zero attached hydrogens (tertiary/aromatic N) is 3. The summed E-state index contributed by atoms with van der Waals surface area (Å²) in [6, 6.07) is 2.99. The molecule has 0 bridgehead atoms. The second-order valence-electron chi connectivity index (χ2n) is 6.64. The third-order valence-corrected chi connectivity index (χ3v) is 5.14. The molecule has 0 aliphatic carbocycles. The van der Waals surface area contributed by atoms with Gasteiger partial charge in [0, 0.05) is 25.2 Å². The van der Waals surface area contributed by atoms with Crippen LogP contribution in [-0.4, -0.2) is 74.3 Å². The number of ether oxygens (including phenoxy) is 2. The predicted octanol–water partition coefficient (Wildman–Crippen LogP) is 1.60. The summed E-state index contributed by atoms with van der Waals surface area (Å²) in [5.41, 5.74) is 1.91. The molecule has 0 amide bonds. The topological polar surface area (TPSA) is 49.9 Å². The summed E-state index contributed by atoms with van der Waals surface area (Å²) in [7, 11) is 6.16. The van der Waals surface area contributed by atoms with Crippen LogP contribution in [0.25, 0.3) is 0 Å². The number of nitrogens with one attached hydrogen (secondary N) is 1. The molecule has 6 heteroatoms. The highest BCUT2D eigenvalue weighted by molar-refractivity contribution is 5.54. The average molecular weight is 320 g/mol. The lowest BCUT2D eigenvalue weighted by Crippen LogP contribution is -2.48. The number of likely N-dealkylation sites (N-methyl/N-ethyl adjacent to an activating group) is 2. The summed E-state index contributed by atoms with van der Waals surface area (Å²) in [5, 5.41) is 3.16. The third-order valence-electron chi connectivity index (χ3n) is 5.14. The molecular formula is C17H28N4O2. The summed E-state index contributed by atoms with van der Waals surface area (Å²) in [4.78, 5) is 9.21. The van der Waals surface area contributed by atoms with Gasteiger partial charge in [0.15, 0.2) is 5.75 Å². The minimum atomic E-state index is 0.492. The Morgan fingerprint density at radius 3 is 2.22 bits per heavy atom. The summed E-state index contributed by atoms with van der Waals surface area (Å²) < 4.78 is 12.0. The van der Waals surface area contributed by atoms with E-state index in [1.54, 1.807) is 0 Å². The van der Waals surface area contributed by atoms with Crippen LogP contribution in [0.15, 0.2) is 6.07 Å². The highest BCUT2D eigenvalue weighted by atomic mass is 16.5. The first kappa shape index (κ1) is 16.3. The van der Waals surface area contributed by atoms with Crippen LogP contribution in [0.4, 0.5) is 5.69 Å². The van der Waals surface area contributed by atoms with E-state index < -0.39 is 0 Å². The lowest BCUT2D eigenvalue weighted by Gasteiger charge is -2.38. The lowest BCUT2D eigenvalue weighted by molar-refractivity contribution is 0.0646. The largest absolute Gasteiger partial charge is 0.486 e. The van der Waals surface area contributed by atoms with Crippen molar-refractivity contribution >= 4 is 5.69 Å². The van der Waals surface area contributed by atoms with Crippen LogP contribution in [0.1, 0.15) is 18.5 Å². The Bertz CT molecular complexity index is 552. The van der Waals surface area contributed by atoms with E-state index in [4.69, 9.17) is 9.47 Å². The third kappa shape index (κ3) is 3.53. The van der Waals surface area contributed by atoms with Gasteiger partial charge in [-0.05, 0) is 47.0 Å². The molecule has 0 saturated carbocycles. The number of pyridine rings is 1. The maximum absolute atomic E-state index is 6.04. The smallest absolute Gasteiger partial charge is 0.257 e. The van der Waals surface area contributed by atoms with Crippen LogP contribution in [0.5, 0.6) is 11.6 Å². The van der Waals surface area contributed by atoms with Crippen molar-refractivity contribution in [2.45, 2.75) is 31.8 Å². The Hall–Kier alpha value is -1.53. The van der Waals surface area contributed by atoms with E-state index in [1.807, 2.05) is 20.0 Å². The van der Waals surface area contributed by atoms with E-state index in [0.29, 0.717) is 31.2 Å². The molecule has 1 N–H and O–H groups in total. The fourth-order valence-corrected chi connectivity index (χ4v) is 2.95. The van der Waals surface area contributed by atoms with E-state index in [2.05, 4.69) is 34.2 Å². The first-order valence-corrected chi connectivity index (χ1v) is 8.44. The Labute approximate surface area is 138 Å². The van der Waals surface area contributed by atoms with E-state index in [1.165, 1.54) is 12.8 Å². The SMILES string of the molecule is CNc1cc(OC[C@H]2CCN2C)c(OC[C@H]2CCN2C)nc1C. The predicted molar refractivity (Wildman–Crippen MR) is 91.6 cm³/mol. The Kier molecular flexibility index (Phi) is 4.92. The molecule has 128 valence electrons. The van der Waals surface area contributed by atoms with Crippen LogP contribution in [0.2, 0.25) is 0 Å². The molecule has 1 aromatic heterocycles. The van der Waals surface area contributed by atoms with Gasteiger partial charge in [-0.2, -0.15) is 0 Å². The van der Waals surface area contributed by atoms with Crippen molar-refractivity contribution in [2.75, 3.05) is 52.8 Å². The minimum Gasteiger partial charge on any atom is -0.486 e. The Morgan fingerprint density at radius 1 is 1.13 bits per heavy atom. The van der Waals surface area contributed by atoms with Crippen molar-refractivity contribution in [3.8, 4) is 11.6 Å². The van der Waals surface area contributed by atoms with Crippen molar-refractivity contribution in [3.63, 3.8) is 0 Å². The summed E-state index contributed by atoms with van der Waals surface area (Å²) in [6.07, 6.45) is 2.38. The number of hydrogen-bond donors (Lipinski definition) is 1. The van der Waals surface area contributed by atoms with Gasteiger partial charge in [-0.25, -0.2) is 4.98 Å².